The molecule has 7 nitrogen and oxygen atoms in total. The van der Waals surface area contributed by atoms with Gasteiger partial charge >= 0.3 is 5.97 Å². The van der Waals surface area contributed by atoms with Crippen LogP contribution < -0.4 is 5.32 Å². The van der Waals surface area contributed by atoms with Gasteiger partial charge in [-0.05, 0) is 55.9 Å². The summed E-state index contributed by atoms with van der Waals surface area (Å²) in [7, 11) is 0. The SMILES string of the molecule is O=C(O)C1C2=C(C=C(F)CC2)NC=C2N1C=NN2C1CCC(c2ncccc2F)CC1. The Labute approximate surface area is 178 Å². The molecule has 1 atom stereocenters. The summed E-state index contributed by atoms with van der Waals surface area (Å²) in [6.45, 7) is 0. The fourth-order valence-corrected chi connectivity index (χ4v) is 4.97. The van der Waals surface area contributed by atoms with Crippen molar-refractivity contribution in [3.63, 3.8) is 0 Å². The van der Waals surface area contributed by atoms with E-state index in [1.54, 1.807) is 29.7 Å². The molecule has 162 valence electrons. The average Bonchev–Trinajstić information content (AvgIpc) is 3.10. The number of aromatic nitrogens is 1. The predicted octanol–water partition coefficient (Wildman–Crippen LogP) is 3.56. The van der Waals surface area contributed by atoms with E-state index in [9.17, 15) is 18.7 Å². The van der Waals surface area contributed by atoms with Crippen molar-refractivity contribution >= 4 is 12.3 Å². The molecule has 2 N–H and O–H groups in total. The van der Waals surface area contributed by atoms with Gasteiger partial charge in [-0.15, -0.1) is 0 Å². The maximum absolute atomic E-state index is 14.1. The van der Waals surface area contributed by atoms with E-state index >= 15 is 0 Å². The number of carbonyl (C=O) groups is 1. The maximum atomic E-state index is 14.1. The third kappa shape index (κ3) is 3.47. The lowest BCUT2D eigenvalue weighted by Gasteiger charge is -2.35. The lowest BCUT2D eigenvalue weighted by atomic mass is 9.83. The van der Waals surface area contributed by atoms with Crippen LogP contribution in [0, 0.1) is 5.82 Å². The van der Waals surface area contributed by atoms with Gasteiger partial charge in [0, 0.05) is 30.4 Å². The van der Waals surface area contributed by atoms with Crippen LogP contribution >= 0.6 is 0 Å². The molecule has 9 heteroatoms. The molecule has 0 aromatic carbocycles. The van der Waals surface area contributed by atoms with Crippen molar-refractivity contribution < 1.29 is 18.7 Å². The van der Waals surface area contributed by atoms with E-state index in [1.165, 1.54) is 12.1 Å². The molecule has 0 bridgehead atoms. The number of hydrogen-bond donors (Lipinski definition) is 2. The Balaban J connectivity index is 1.35. The van der Waals surface area contributed by atoms with E-state index in [0.717, 1.165) is 25.7 Å². The van der Waals surface area contributed by atoms with Crippen molar-refractivity contribution in [1.29, 1.82) is 0 Å². The zero-order valence-corrected chi connectivity index (χ0v) is 16.8. The number of nitrogens with zero attached hydrogens (tertiary/aromatic N) is 4. The van der Waals surface area contributed by atoms with E-state index in [-0.39, 0.29) is 30.0 Å². The first-order valence-electron chi connectivity index (χ1n) is 10.5. The molecule has 1 saturated carbocycles. The van der Waals surface area contributed by atoms with Crippen LogP contribution in [-0.2, 0) is 4.79 Å². The number of halogens is 2. The highest BCUT2D eigenvalue weighted by Crippen LogP contribution is 2.39. The fourth-order valence-electron chi connectivity index (χ4n) is 4.97. The molecule has 0 radical (unpaired) electrons. The van der Waals surface area contributed by atoms with Crippen LogP contribution in [0.5, 0.6) is 0 Å². The van der Waals surface area contributed by atoms with Crippen LogP contribution in [-0.4, -0.2) is 44.4 Å². The number of aliphatic carboxylic acids is 1. The average molecular weight is 427 g/mol. The van der Waals surface area contributed by atoms with Crippen LogP contribution in [0.15, 0.2) is 58.6 Å². The number of hydrazone groups is 1. The van der Waals surface area contributed by atoms with Gasteiger partial charge in [0.05, 0.1) is 11.7 Å². The van der Waals surface area contributed by atoms with Gasteiger partial charge in [0.25, 0.3) is 0 Å². The number of carboxylic acid groups (broad SMARTS) is 1. The first-order chi connectivity index (χ1) is 15.0. The summed E-state index contributed by atoms with van der Waals surface area (Å²) in [6, 6.07) is 2.16. The molecule has 1 fully saturated rings. The van der Waals surface area contributed by atoms with Crippen molar-refractivity contribution in [3.8, 4) is 0 Å². The molecule has 0 saturated heterocycles. The number of hydrogen-bond acceptors (Lipinski definition) is 6. The molecule has 2 aliphatic heterocycles. The largest absolute Gasteiger partial charge is 0.479 e. The van der Waals surface area contributed by atoms with Crippen LogP contribution in [0.25, 0.3) is 0 Å². The Hall–Kier alpha value is -3.23. The Morgan fingerprint density at radius 2 is 2.00 bits per heavy atom. The summed E-state index contributed by atoms with van der Waals surface area (Å²) in [5, 5.41) is 19.4. The Morgan fingerprint density at radius 1 is 1.19 bits per heavy atom. The fraction of sp³-hybridized carbons (Fsp3) is 0.409. The minimum Gasteiger partial charge on any atom is -0.479 e. The van der Waals surface area contributed by atoms with Gasteiger partial charge in [-0.1, -0.05) is 0 Å². The molecule has 3 heterocycles. The van der Waals surface area contributed by atoms with Gasteiger partial charge in [0.2, 0.25) is 0 Å². The maximum Gasteiger partial charge on any atom is 0.331 e. The molecular weight excluding hydrogens is 404 g/mol. The predicted molar refractivity (Wildman–Crippen MR) is 109 cm³/mol. The lowest BCUT2D eigenvalue weighted by Crippen LogP contribution is -2.43. The summed E-state index contributed by atoms with van der Waals surface area (Å²) in [6.07, 6.45) is 9.88. The molecule has 1 aromatic heterocycles. The second-order valence-electron chi connectivity index (χ2n) is 8.28. The van der Waals surface area contributed by atoms with Crippen LogP contribution in [0.2, 0.25) is 0 Å². The van der Waals surface area contributed by atoms with E-state index in [1.807, 2.05) is 5.01 Å². The normalized spacial score (nSPS) is 27.7. The van der Waals surface area contributed by atoms with E-state index in [0.29, 0.717) is 29.2 Å². The smallest absolute Gasteiger partial charge is 0.331 e. The summed E-state index contributed by atoms with van der Waals surface area (Å²) in [5.41, 5.74) is 1.66. The summed E-state index contributed by atoms with van der Waals surface area (Å²) in [5.74, 6) is -0.839. The first kappa shape index (κ1) is 19.7. The molecule has 1 unspecified atom stereocenters. The number of rotatable bonds is 3. The number of nitrogens with one attached hydrogen (secondary N) is 1. The topological polar surface area (TPSA) is 81.1 Å². The lowest BCUT2D eigenvalue weighted by molar-refractivity contribution is -0.140. The van der Waals surface area contributed by atoms with Gasteiger partial charge in [-0.2, -0.15) is 5.10 Å². The quantitative estimate of drug-likeness (QED) is 0.768. The summed E-state index contributed by atoms with van der Waals surface area (Å²) in [4.78, 5) is 18.0. The molecule has 0 amide bonds. The molecule has 31 heavy (non-hydrogen) atoms. The number of pyridine rings is 1. The Bertz CT molecular complexity index is 1030. The second-order valence-corrected chi connectivity index (χ2v) is 8.28. The highest BCUT2D eigenvalue weighted by Gasteiger charge is 2.41. The number of carboxylic acids is 1. The summed E-state index contributed by atoms with van der Waals surface area (Å²) >= 11 is 0. The highest BCUT2D eigenvalue weighted by atomic mass is 19.1. The second kappa shape index (κ2) is 7.79. The van der Waals surface area contributed by atoms with E-state index in [2.05, 4.69) is 15.4 Å². The third-order valence-corrected chi connectivity index (χ3v) is 6.49. The van der Waals surface area contributed by atoms with Crippen molar-refractivity contribution in [3.05, 3.63) is 65.0 Å². The Kier molecular flexibility index (Phi) is 4.95. The number of allylic oxidation sites excluding steroid dienone is 2. The molecule has 1 aromatic rings. The van der Waals surface area contributed by atoms with Gasteiger partial charge in [-0.25, -0.2) is 18.6 Å². The van der Waals surface area contributed by atoms with Crippen molar-refractivity contribution in [2.75, 3.05) is 0 Å². The standard InChI is InChI=1S/C22H23F2N5O2/c23-14-5-8-16-18(10-14)26-11-19-28(21(16)22(30)31)12-27-29(19)15-6-3-13(4-7-15)20-17(24)2-1-9-25-20/h1-2,9-13,15,21,26H,3-8H2,(H,30,31). The van der Waals surface area contributed by atoms with Gasteiger partial charge in [0.15, 0.2) is 6.04 Å². The minimum atomic E-state index is -1.000. The molecular formula is C22H23F2N5O2. The summed E-state index contributed by atoms with van der Waals surface area (Å²) < 4.78 is 27.9. The highest BCUT2D eigenvalue weighted by molar-refractivity contribution is 5.83. The Morgan fingerprint density at radius 3 is 2.74 bits per heavy atom. The van der Waals surface area contributed by atoms with Crippen molar-refractivity contribution in [1.82, 2.24) is 20.2 Å². The monoisotopic (exact) mass is 427 g/mol. The van der Waals surface area contributed by atoms with Gasteiger partial charge in [-0.3, -0.25) is 9.88 Å². The van der Waals surface area contributed by atoms with Crippen LogP contribution in [0.4, 0.5) is 8.78 Å². The third-order valence-electron chi connectivity index (χ3n) is 6.49. The molecule has 0 spiro atoms. The van der Waals surface area contributed by atoms with Crippen molar-refractivity contribution in [2.24, 2.45) is 5.10 Å². The number of fused-ring (bicyclic) bond motifs is 1. The molecule has 2 aliphatic carbocycles. The van der Waals surface area contributed by atoms with Crippen LogP contribution in [0.1, 0.15) is 50.1 Å². The van der Waals surface area contributed by atoms with Gasteiger partial charge < -0.3 is 10.4 Å². The van der Waals surface area contributed by atoms with Crippen LogP contribution in [0.3, 0.4) is 0 Å². The first-order valence-corrected chi connectivity index (χ1v) is 10.5. The minimum absolute atomic E-state index is 0.0641. The van der Waals surface area contributed by atoms with Crippen molar-refractivity contribution in [2.45, 2.75) is 56.5 Å². The van der Waals surface area contributed by atoms with E-state index in [4.69, 9.17) is 0 Å². The molecule has 4 aliphatic rings. The zero-order valence-electron chi connectivity index (χ0n) is 16.8. The zero-order chi connectivity index (χ0) is 21.5. The van der Waals surface area contributed by atoms with E-state index < -0.39 is 12.0 Å². The molecule has 5 rings (SSSR count). The van der Waals surface area contributed by atoms with Gasteiger partial charge in [0.1, 0.15) is 23.8 Å².